The summed E-state index contributed by atoms with van der Waals surface area (Å²) < 4.78 is 69.2. The molecule has 0 spiro atoms. The lowest BCUT2D eigenvalue weighted by Gasteiger charge is -2.22. The first-order valence-electron chi connectivity index (χ1n) is 33.2. The largest absolute Gasteiger partial charge is 0.497 e. The van der Waals surface area contributed by atoms with Gasteiger partial charge >= 0.3 is 0 Å². The summed E-state index contributed by atoms with van der Waals surface area (Å²) in [7, 11) is 13.3. The van der Waals surface area contributed by atoms with E-state index in [1.165, 1.54) is 44.7 Å². The molecule has 0 radical (unpaired) electrons. The minimum Gasteiger partial charge on any atom is -0.497 e. The summed E-state index contributed by atoms with van der Waals surface area (Å²) >= 11 is 5.87. The van der Waals surface area contributed by atoms with Crippen molar-refractivity contribution in [2.24, 2.45) is 0 Å². The van der Waals surface area contributed by atoms with Crippen LogP contribution in [0.5, 0.6) is 46.0 Å². The molecule has 0 heterocycles. The van der Waals surface area contributed by atoms with Gasteiger partial charge in [0.25, 0.3) is 0 Å². The van der Waals surface area contributed by atoms with E-state index < -0.39 is 0 Å². The Morgan fingerprint density at radius 2 is 0.677 bits per heavy atom. The number of terminal acetylenes is 1. The summed E-state index contributed by atoms with van der Waals surface area (Å²) in [5.74, 6) is 8.48. The fourth-order valence-corrected chi connectivity index (χ4v) is 10.5. The van der Waals surface area contributed by atoms with Gasteiger partial charge in [-0.2, -0.15) is 5.26 Å². The van der Waals surface area contributed by atoms with Crippen molar-refractivity contribution in [2.75, 3.05) is 56.9 Å². The Morgan fingerprint density at radius 3 is 1.08 bits per heavy atom. The fourth-order valence-electron chi connectivity index (χ4n) is 10.3. The van der Waals surface area contributed by atoms with Crippen molar-refractivity contribution >= 4 is 22.4 Å². The predicted octanol–water partition coefficient (Wildman–Crippen LogP) is 23.5. The second-order valence-electron chi connectivity index (χ2n) is 31.3. The predicted molar refractivity (Wildman–Crippen MR) is 413 cm³/mol. The van der Waals surface area contributed by atoms with E-state index in [1.54, 1.807) is 88.1 Å². The monoisotopic (exact) mass is 1380 g/mol. The highest BCUT2D eigenvalue weighted by molar-refractivity contribution is 6.30. The molecular formula is C87H116ClF2NO8. The number of hydrogen-bond acceptors (Lipinski definition) is 9. The molecule has 12 heteroatoms. The van der Waals surface area contributed by atoms with E-state index in [4.69, 9.17) is 61.2 Å². The Bertz CT molecular complexity index is 3910. The number of fused-ring (bicyclic) bond motifs is 1. The van der Waals surface area contributed by atoms with Crippen LogP contribution in [-0.4, -0.2) is 56.9 Å². The van der Waals surface area contributed by atoms with Crippen LogP contribution in [0.3, 0.4) is 0 Å². The maximum atomic E-state index is 13.5. The number of nitriles is 1. The van der Waals surface area contributed by atoms with Crippen molar-refractivity contribution in [1.29, 1.82) is 5.26 Å². The molecule has 0 unspecified atom stereocenters. The third-order valence-electron chi connectivity index (χ3n) is 15.9. The number of nitrogens with zero attached hydrogens (tertiary/aromatic N) is 1. The van der Waals surface area contributed by atoms with Crippen LogP contribution in [0.1, 0.15) is 207 Å². The van der Waals surface area contributed by atoms with E-state index >= 15 is 0 Å². The molecule has 0 saturated heterocycles. The average Bonchev–Trinajstić information content (AvgIpc) is 0.812. The van der Waals surface area contributed by atoms with E-state index in [1.807, 2.05) is 84.0 Å². The molecule has 0 aliphatic rings. The first-order chi connectivity index (χ1) is 45.6. The lowest BCUT2D eigenvalue weighted by Crippen LogP contribution is -2.13. The Hall–Kier alpha value is -8.38. The van der Waals surface area contributed by atoms with Crippen molar-refractivity contribution in [3.63, 3.8) is 0 Å². The smallest absolute Gasteiger partial charge is 0.139 e. The van der Waals surface area contributed by atoms with E-state index in [9.17, 15) is 8.78 Å². The third-order valence-corrected chi connectivity index (χ3v) is 16.1. The number of methoxy groups -OCH3 is 8. The number of aryl methyl sites for hydroxylation is 2. The highest BCUT2D eigenvalue weighted by atomic mass is 35.5. The van der Waals surface area contributed by atoms with Crippen LogP contribution < -0.4 is 37.9 Å². The van der Waals surface area contributed by atoms with Crippen molar-refractivity contribution in [3.05, 3.63) is 211 Å². The zero-order chi connectivity index (χ0) is 76.0. The van der Waals surface area contributed by atoms with Crippen LogP contribution in [0.2, 0.25) is 5.02 Å². The number of rotatable bonds is 8. The van der Waals surface area contributed by atoms with Crippen molar-refractivity contribution in [1.82, 2.24) is 0 Å². The summed E-state index contributed by atoms with van der Waals surface area (Å²) in [4.78, 5) is 0. The molecule has 0 saturated carbocycles. The molecule has 0 aliphatic carbocycles. The minimum atomic E-state index is -0.372. The molecule has 0 bridgehead atoms. The van der Waals surface area contributed by atoms with Gasteiger partial charge in [0.15, 0.2) is 0 Å². The Balaban J connectivity index is 0.000000393. The summed E-state index contributed by atoms with van der Waals surface area (Å²) in [5.41, 5.74) is 10.7. The first-order valence-corrected chi connectivity index (χ1v) is 33.6. The Morgan fingerprint density at radius 1 is 0.343 bits per heavy atom. The normalized spacial score (nSPS) is 11.3. The molecule has 0 amide bonds. The molecule has 9 nitrogen and oxygen atoms in total. The summed E-state index contributed by atoms with van der Waals surface area (Å²) in [5, 5.41) is 12.0. The van der Waals surface area contributed by atoms with Gasteiger partial charge in [-0.05, 0) is 169 Å². The number of benzene rings is 8. The topological polar surface area (TPSA) is 97.6 Å². The van der Waals surface area contributed by atoms with Gasteiger partial charge < -0.3 is 37.9 Å². The van der Waals surface area contributed by atoms with Crippen LogP contribution >= 0.6 is 11.6 Å². The van der Waals surface area contributed by atoms with Crippen LogP contribution in [-0.2, 0) is 37.9 Å². The van der Waals surface area contributed by atoms with Crippen LogP contribution in [0.15, 0.2) is 133 Å². The van der Waals surface area contributed by atoms with Gasteiger partial charge in [-0.3, -0.25) is 0 Å². The molecule has 99 heavy (non-hydrogen) atoms. The molecule has 538 valence electrons. The molecule has 8 aromatic carbocycles. The second-order valence-corrected chi connectivity index (χ2v) is 31.7. The van der Waals surface area contributed by atoms with Crippen molar-refractivity contribution in [3.8, 4) is 64.4 Å². The molecule has 8 rings (SSSR count). The lowest BCUT2D eigenvalue weighted by atomic mass is 9.85. The third kappa shape index (κ3) is 26.7. The maximum Gasteiger partial charge on any atom is 0.139 e. The lowest BCUT2D eigenvalue weighted by molar-refractivity contribution is 0.383. The molecular weight excluding hydrogens is 1260 g/mol. The van der Waals surface area contributed by atoms with E-state index in [2.05, 4.69) is 183 Å². The van der Waals surface area contributed by atoms with Crippen molar-refractivity contribution < 1.29 is 46.7 Å². The van der Waals surface area contributed by atoms with Gasteiger partial charge in [0.2, 0.25) is 0 Å². The second kappa shape index (κ2) is 37.2. The van der Waals surface area contributed by atoms with Crippen LogP contribution in [0.25, 0.3) is 10.8 Å². The van der Waals surface area contributed by atoms with Gasteiger partial charge in [-0.15, -0.1) is 6.42 Å². The van der Waals surface area contributed by atoms with E-state index in [-0.39, 0.29) is 55.1 Å². The SMILES string of the molecule is C#Cc1cc(OC)c(C(C)(C)C)cc1F.COc1cc(C#N)ccc1C(C)(C)C.COc1cc(C)c(F)cc1C(C)(C)C.COc1cc(C)ccc1C(C)(C)C.COc1cc(Cl)ccc1C(C)(C)C.COc1cc2ccccc2cc1C(C)(C)C.COc1ccc(C(C)(C)C)c(OC)c1. The summed E-state index contributed by atoms with van der Waals surface area (Å²) in [6, 6.07) is 44.8. The zero-order valence-corrected chi connectivity index (χ0v) is 66.4. The molecule has 0 aromatic heterocycles. The maximum absolute atomic E-state index is 13.5. The highest BCUT2D eigenvalue weighted by Gasteiger charge is 2.25. The van der Waals surface area contributed by atoms with Gasteiger partial charge in [0.05, 0.1) is 74.1 Å². The molecule has 0 N–H and O–H groups in total. The molecule has 0 aliphatic heterocycles. The fraction of sp³-hybridized carbons (Fsp3) is 0.437. The summed E-state index contributed by atoms with van der Waals surface area (Å²) in [6.07, 6.45) is 5.19. The average molecular weight is 1380 g/mol. The summed E-state index contributed by atoms with van der Waals surface area (Å²) in [6.45, 7) is 48.5. The molecule has 8 aromatic rings. The Labute approximate surface area is 600 Å². The number of ether oxygens (including phenoxy) is 8. The van der Waals surface area contributed by atoms with E-state index in [0.29, 0.717) is 21.9 Å². The van der Waals surface area contributed by atoms with Gasteiger partial charge in [-0.25, -0.2) is 8.78 Å². The van der Waals surface area contributed by atoms with Crippen LogP contribution in [0.4, 0.5) is 8.78 Å². The molecule has 0 atom stereocenters. The van der Waals surface area contributed by atoms with Crippen molar-refractivity contribution in [2.45, 2.75) is 197 Å². The highest BCUT2D eigenvalue weighted by Crippen LogP contribution is 2.39. The molecule has 0 fully saturated rings. The minimum absolute atomic E-state index is 0.0410. The zero-order valence-electron chi connectivity index (χ0n) is 65.6. The number of halogens is 3. The van der Waals surface area contributed by atoms with Gasteiger partial charge in [0, 0.05) is 27.8 Å². The Kier molecular flexibility index (Phi) is 32.5. The number of hydrogen-bond donors (Lipinski definition) is 0. The quantitative estimate of drug-likeness (QED) is 0.138. The van der Waals surface area contributed by atoms with Crippen LogP contribution in [0, 0.1) is 49.2 Å². The van der Waals surface area contributed by atoms with Gasteiger partial charge in [0.1, 0.15) is 57.6 Å². The standard InChI is InChI=1S/C15H18O.C13H15FO.C12H17FO.C12H15NO.C12H18O2.C12H18O.C11H15ClO/c1-15(2,3)13-9-11-7-5-6-8-12(11)10-14(13)16-4;1-6-9-7-12(15-5)10(8-11(9)14)13(2,3)4;1-8-6-11(14-5)9(7-10(8)13)12(2,3)4;1-12(2,3)10-6-5-9(8-13)7-11(10)14-4;1-12(2,3)10-7-6-9(13-4)8-11(10)14-5;1-9-6-7-10(12(2,3)4)11(8-9)13-5;1-11(2,3)9-6-5-8(12)7-10(9)13-4/h5-10H,1-4H3;1,7-8H,2-5H3;6-7H,1-5H3;5-7H,1-4H3;6-8H,1-5H3;6-8H,1-5H3;5-7H,1-4H3. The first kappa shape index (κ1) is 86.7. The van der Waals surface area contributed by atoms with E-state index in [0.717, 1.165) is 56.9 Å². The van der Waals surface area contributed by atoms with Gasteiger partial charge in [-0.1, -0.05) is 218 Å².